The lowest BCUT2D eigenvalue weighted by atomic mass is 10.0. The van der Waals surface area contributed by atoms with Crippen LogP contribution in [-0.2, 0) is 11.4 Å². The molecular formula is C9H9Cl2O3S-. The second-order valence-corrected chi connectivity index (χ2v) is 4.58. The summed E-state index contributed by atoms with van der Waals surface area (Å²) in [6.07, 6.45) is 0. The Balaban J connectivity index is 3.22. The van der Waals surface area contributed by atoms with E-state index in [1.54, 1.807) is 6.07 Å². The highest BCUT2D eigenvalue weighted by molar-refractivity contribution is 7.74. The molecule has 1 rings (SSSR count). The van der Waals surface area contributed by atoms with Gasteiger partial charge in [0.2, 0.25) is 0 Å². The molecule has 1 aromatic carbocycles. The van der Waals surface area contributed by atoms with Crippen molar-refractivity contribution in [1.29, 1.82) is 0 Å². The third-order valence-corrected chi connectivity index (χ3v) is 2.86. The molecule has 0 N–H and O–H groups in total. The van der Waals surface area contributed by atoms with E-state index in [-0.39, 0.29) is 16.7 Å². The first-order valence-corrected chi connectivity index (χ1v) is 5.94. The van der Waals surface area contributed by atoms with E-state index in [1.165, 1.54) is 6.07 Å². The first-order chi connectivity index (χ1) is 6.93. The van der Waals surface area contributed by atoms with Crippen LogP contribution < -0.4 is 4.18 Å². The van der Waals surface area contributed by atoms with E-state index in [0.29, 0.717) is 10.6 Å². The average molecular weight is 268 g/mol. The largest absolute Gasteiger partial charge is 0.740 e. The molecule has 1 atom stereocenters. The molecule has 3 nitrogen and oxygen atoms in total. The Morgan fingerprint density at radius 1 is 1.40 bits per heavy atom. The summed E-state index contributed by atoms with van der Waals surface area (Å²) in [5.74, 6) is 0.187. The molecule has 0 heterocycles. The van der Waals surface area contributed by atoms with Crippen LogP contribution in [0.2, 0.25) is 10.0 Å². The van der Waals surface area contributed by atoms with Gasteiger partial charge in [-0.15, -0.1) is 0 Å². The second kappa shape index (κ2) is 5.16. The van der Waals surface area contributed by atoms with Crippen LogP contribution in [0.4, 0.5) is 0 Å². The maximum absolute atomic E-state index is 10.4. The van der Waals surface area contributed by atoms with Gasteiger partial charge in [0.15, 0.2) is 5.75 Å². The summed E-state index contributed by atoms with van der Waals surface area (Å²) in [7, 11) is 0. The third-order valence-electron chi connectivity index (χ3n) is 1.83. The SMILES string of the molecule is CC(C)c1c(Cl)ccc(OS(=O)[O-])c1Cl. The number of benzene rings is 1. The topological polar surface area (TPSA) is 49.4 Å². The van der Waals surface area contributed by atoms with Gasteiger partial charge in [-0.3, -0.25) is 0 Å². The molecule has 0 aromatic heterocycles. The molecule has 6 heteroatoms. The minimum Gasteiger partial charge on any atom is -0.740 e. The van der Waals surface area contributed by atoms with Gasteiger partial charge in [-0.2, -0.15) is 0 Å². The van der Waals surface area contributed by atoms with Gasteiger partial charge < -0.3 is 8.74 Å². The van der Waals surface area contributed by atoms with Gasteiger partial charge in [0.1, 0.15) is 11.4 Å². The maximum atomic E-state index is 10.4. The standard InChI is InChI=1S/C9H10Cl2O3S/c1-5(2)8-6(10)3-4-7(9(8)11)14-15(12)13/h3-5H,1-2H3,(H,12,13)/p-1. The summed E-state index contributed by atoms with van der Waals surface area (Å²) < 4.78 is 25.3. The van der Waals surface area contributed by atoms with E-state index in [2.05, 4.69) is 4.18 Å². The van der Waals surface area contributed by atoms with Crippen molar-refractivity contribution in [2.24, 2.45) is 0 Å². The smallest absolute Gasteiger partial charge is 0.158 e. The first-order valence-electron chi connectivity index (χ1n) is 4.19. The molecule has 1 unspecified atom stereocenters. The Bertz CT molecular complexity index is 393. The fourth-order valence-corrected chi connectivity index (χ4v) is 2.39. The zero-order valence-corrected chi connectivity index (χ0v) is 10.4. The van der Waals surface area contributed by atoms with Gasteiger partial charge in [-0.05, 0) is 23.6 Å². The summed E-state index contributed by atoms with van der Waals surface area (Å²) in [6.45, 7) is 3.82. The summed E-state index contributed by atoms with van der Waals surface area (Å²) in [5.41, 5.74) is 0.682. The molecule has 0 fully saturated rings. The van der Waals surface area contributed by atoms with Gasteiger partial charge in [0.25, 0.3) is 0 Å². The number of halogens is 2. The molecule has 84 valence electrons. The van der Waals surface area contributed by atoms with Gasteiger partial charge >= 0.3 is 0 Å². The Morgan fingerprint density at radius 2 is 2.00 bits per heavy atom. The monoisotopic (exact) mass is 267 g/mol. The van der Waals surface area contributed by atoms with E-state index in [4.69, 9.17) is 23.2 Å². The molecule has 0 bridgehead atoms. The average Bonchev–Trinajstić information content (AvgIpc) is 2.09. The molecule has 0 radical (unpaired) electrons. The van der Waals surface area contributed by atoms with Crippen LogP contribution in [0, 0.1) is 0 Å². The zero-order chi connectivity index (χ0) is 11.6. The van der Waals surface area contributed by atoms with Crippen LogP contribution >= 0.6 is 23.2 Å². The van der Waals surface area contributed by atoms with Crippen molar-refractivity contribution in [3.63, 3.8) is 0 Å². The Hall–Kier alpha value is -0.290. The lowest BCUT2D eigenvalue weighted by Crippen LogP contribution is -2.00. The highest BCUT2D eigenvalue weighted by atomic mass is 35.5. The van der Waals surface area contributed by atoms with Gasteiger partial charge in [-0.25, -0.2) is 4.21 Å². The van der Waals surface area contributed by atoms with Gasteiger partial charge in [0, 0.05) is 5.02 Å². The molecule has 15 heavy (non-hydrogen) atoms. The van der Waals surface area contributed by atoms with E-state index < -0.39 is 11.4 Å². The van der Waals surface area contributed by atoms with Crippen molar-refractivity contribution >= 4 is 34.6 Å². The molecule has 0 saturated carbocycles. The number of hydrogen-bond acceptors (Lipinski definition) is 3. The molecule has 0 aliphatic rings. The van der Waals surface area contributed by atoms with Crippen LogP contribution in [-0.4, -0.2) is 8.76 Å². The second-order valence-electron chi connectivity index (χ2n) is 3.22. The van der Waals surface area contributed by atoms with Crippen molar-refractivity contribution in [3.8, 4) is 5.75 Å². The Morgan fingerprint density at radius 3 is 2.47 bits per heavy atom. The number of hydrogen-bond donors (Lipinski definition) is 0. The van der Waals surface area contributed by atoms with Gasteiger partial charge in [-0.1, -0.05) is 37.0 Å². The lowest BCUT2D eigenvalue weighted by Gasteiger charge is -2.15. The fraction of sp³-hybridized carbons (Fsp3) is 0.333. The molecule has 0 aliphatic heterocycles. The van der Waals surface area contributed by atoms with Crippen molar-refractivity contribution in [2.75, 3.05) is 0 Å². The minimum absolute atomic E-state index is 0.0913. The summed E-state index contributed by atoms with van der Waals surface area (Å²) in [6, 6.07) is 2.98. The third kappa shape index (κ3) is 3.08. The lowest BCUT2D eigenvalue weighted by molar-refractivity contribution is 0.440. The highest BCUT2D eigenvalue weighted by Crippen LogP contribution is 2.37. The molecule has 0 amide bonds. The van der Waals surface area contributed by atoms with Crippen LogP contribution in [0.15, 0.2) is 12.1 Å². The normalized spacial score (nSPS) is 12.9. The fourth-order valence-electron chi connectivity index (χ4n) is 1.22. The highest BCUT2D eigenvalue weighted by Gasteiger charge is 2.14. The summed E-state index contributed by atoms with van der Waals surface area (Å²) >= 11 is 9.28. The van der Waals surface area contributed by atoms with Crippen LogP contribution in [0.5, 0.6) is 5.75 Å². The molecule has 1 aromatic rings. The van der Waals surface area contributed by atoms with Crippen LogP contribution in [0.1, 0.15) is 25.3 Å². The number of rotatable bonds is 3. The predicted molar refractivity (Wildman–Crippen MR) is 60.1 cm³/mol. The van der Waals surface area contributed by atoms with Crippen molar-refractivity contribution < 1.29 is 12.9 Å². The predicted octanol–water partition coefficient (Wildman–Crippen LogP) is 3.29. The van der Waals surface area contributed by atoms with Crippen molar-refractivity contribution in [3.05, 3.63) is 27.7 Å². The molecule has 0 aliphatic carbocycles. The zero-order valence-electron chi connectivity index (χ0n) is 8.12. The van der Waals surface area contributed by atoms with Gasteiger partial charge in [0.05, 0.1) is 5.02 Å². The maximum Gasteiger partial charge on any atom is 0.158 e. The minimum atomic E-state index is -2.63. The quantitative estimate of drug-likeness (QED) is 0.790. The van der Waals surface area contributed by atoms with E-state index in [9.17, 15) is 8.76 Å². The Labute approximate surface area is 101 Å². The van der Waals surface area contributed by atoms with Crippen LogP contribution in [0.25, 0.3) is 0 Å². The van der Waals surface area contributed by atoms with E-state index in [0.717, 1.165) is 0 Å². The summed E-state index contributed by atoms with van der Waals surface area (Å²) in [4.78, 5) is 0. The van der Waals surface area contributed by atoms with Crippen molar-refractivity contribution in [2.45, 2.75) is 19.8 Å². The van der Waals surface area contributed by atoms with Crippen LogP contribution in [0.3, 0.4) is 0 Å². The summed E-state index contributed by atoms with van der Waals surface area (Å²) in [5, 5.41) is 0.737. The van der Waals surface area contributed by atoms with E-state index in [1.807, 2.05) is 13.8 Å². The Kier molecular flexibility index (Phi) is 4.40. The molecule has 0 spiro atoms. The van der Waals surface area contributed by atoms with E-state index >= 15 is 0 Å². The van der Waals surface area contributed by atoms with Crippen molar-refractivity contribution in [1.82, 2.24) is 0 Å². The first kappa shape index (κ1) is 12.8. The molecular weight excluding hydrogens is 259 g/mol. The molecule has 0 saturated heterocycles.